The van der Waals surface area contributed by atoms with Crippen LogP contribution in [0.5, 0.6) is 0 Å². The number of likely N-dealkylation sites (N-methyl/N-ethyl adjacent to an activating group) is 1. The van der Waals surface area contributed by atoms with Crippen LogP contribution >= 0.6 is 0 Å². The monoisotopic (exact) mass is 342 g/mol. The minimum atomic E-state index is -0.800. The van der Waals surface area contributed by atoms with E-state index in [-0.39, 0.29) is 30.8 Å². The minimum absolute atomic E-state index is 0.130. The Bertz CT molecular complexity index is 749. The molecule has 1 N–H and O–H groups in total. The molecule has 6 heteroatoms. The molecule has 0 spiro atoms. The van der Waals surface area contributed by atoms with Crippen LogP contribution < -0.4 is 5.32 Å². The SMILES string of the molecule is CN1C(=O)CO[C@H](C(=O)NCc2ccc(F)cc2)[C@@H]1c1ccccc1. The number of benzene rings is 2. The van der Waals surface area contributed by atoms with Gasteiger partial charge in [-0.3, -0.25) is 9.59 Å². The van der Waals surface area contributed by atoms with Crippen LogP contribution in [-0.4, -0.2) is 36.5 Å². The van der Waals surface area contributed by atoms with Crippen LogP contribution in [0.4, 0.5) is 4.39 Å². The van der Waals surface area contributed by atoms with Crippen LogP contribution in [0, 0.1) is 5.82 Å². The fourth-order valence-corrected chi connectivity index (χ4v) is 2.87. The summed E-state index contributed by atoms with van der Waals surface area (Å²) in [4.78, 5) is 26.2. The molecule has 1 aliphatic heterocycles. The van der Waals surface area contributed by atoms with Gasteiger partial charge in [-0.2, -0.15) is 0 Å². The quantitative estimate of drug-likeness (QED) is 0.925. The molecule has 1 heterocycles. The van der Waals surface area contributed by atoms with Crippen molar-refractivity contribution in [3.8, 4) is 0 Å². The lowest BCUT2D eigenvalue weighted by Gasteiger charge is -2.38. The van der Waals surface area contributed by atoms with E-state index in [0.717, 1.165) is 11.1 Å². The van der Waals surface area contributed by atoms with Gasteiger partial charge in [0, 0.05) is 13.6 Å². The van der Waals surface area contributed by atoms with E-state index in [1.54, 1.807) is 24.1 Å². The summed E-state index contributed by atoms with van der Waals surface area (Å²) in [7, 11) is 1.67. The molecule has 1 aliphatic rings. The Labute approximate surface area is 145 Å². The van der Waals surface area contributed by atoms with E-state index in [4.69, 9.17) is 4.74 Å². The smallest absolute Gasteiger partial charge is 0.251 e. The van der Waals surface area contributed by atoms with E-state index in [1.165, 1.54) is 12.1 Å². The Morgan fingerprint density at radius 2 is 1.88 bits per heavy atom. The fraction of sp³-hybridized carbons (Fsp3) is 0.263. The number of nitrogens with zero attached hydrogens (tertiary/aromatic N) is 1. The molecule has 0 saturated carbocycles. The molecule has 1 saturated heterocycles. The van der Waals surface area contributed by atoms with E-state index in [2.05, 4.69) is 5.32 Å². The van der Waals surface area contributed by atoms with Crippen LogP contribution in [0.3, 0.4) is 0 Å². The highest BCUT2D eigenvalue weighted by Gasteiger charge is 2.39. The topological polar surface area (TPSA) is 58.6 Å². The molecule has 3 rings (SSSR count). The van der Waals surface area contributed by atoms with Gasteiger partial charge >= 0.3 is 0 Å². The molecular formula is C19H19FN2O3. The van der Waals surface area contributed by atoms with Gasteiger partial charge in [0.1, 0.15) is 12.4 Å². The normalized spacial score (nSPS) is 20.4. The molecule has 1 fully saturated rings. The van der Waals surface area contributed by atoms with Crippen molar-refractivity contribution in [2.45, 2.75) is 18.7 Å². The number of ether oxygens (including phenoxy) is 1. The molecule has 130 valence electrons. The number of nitrogens with one attached hydrogen (secondary N) is 1. The maximum Gasteiger partial charge on any atom is 0.251 e. The Kier molecular flexibility index (Phi) is 5.09. The summed E-state index contributed by atoms with van der Waals surface area (Å²) in [5, 5.41) is 2.80. The van der Waals surface area contributed by atoms with Crippen LogP contribution in [0.15, 0.2) is 54.6 Å². The highest BCUT2D eigenvalue weighted by atomic mass is 19.1. The first-order valence-corrected chi connectivity index (χ1v) is 8.00. The fourth-order valence-electron chi connectivity index (χ4n) is 2.87. The van der Waals surface area contributed by atoms with Crippen molar-refractivity contribution in [2.75, 3.05) is 13.7 Å². The second kappa shape index (κ2) is 7.44. The molecule has 2 aromatic rings. The molecule has 0 radical (unpaired) electrons. The molecule has 2 aromatic carbocycles. The summed E-state index contributed by atoms with van der Waals surface area (Å²) >= 11 is 0. The number of carbonyl (C=O) groups excluding carboxylic acids is 2. The summed E-state index contributed by atoms with van der Waals surface area (Å²) in [6, 6.07) is 14.7. The van der Waals surface area contributed by atoms with Crippen molar-refractivity contribution in [2.24, 2.45) is 0 Å². The zero-order valence-electron chi connectivity index (χ0n) is 13.8. The number of carbonyl (C=O) groups is 2. The predicted molar refractivity (Wildman–Crippen MR) is 89.9 cm³/mol. The second-order valence-electron chi connectivity index (χ2n) is 5.94. The van der Waals surface area contributed by atoms with Gasteiger partial charge in [-0.1, -0.05) is 42.5 Å². The second-order valence-corrected chi connectivity index (χ2v) is 5.94. The first kappa shape index (κ1) is 17.1. The van der Waals surface area contributed by atoms with Crippen molar-refractivity contribution in [3.05, 3.63) is 71.5 Å². The van der Waals surface area contributed by atoms with Gasteiger partial charge in [0.2, 0.25) is 5.91 Å². The first-order chi connectivity index (χ1) is 12.1. The largest absolute Gasteiger partial charge is 0.356 e. The van der Waals surface area contributed by atoms with Gasteiger partial charge in [-0.15, -0.1) is 0 Å². The van der Waals surface area contributed by atoms with Gasteiger partial charge in [0.15, 0.2) is 6.10 Å². The number of rotatable bonds is 4. The Hall–Kier alpha value is -2.73. The lowest BCUT2D eigenvalue weighted by molar-refractivity contribution is -0.162. The van der Waals surface area contributed by atoms with Crippen LogP contribution in [0.2, 0.25) is 0 Å². The van der Waals surface area contributed by atoms with Gasteiger partial charge in [-0.25, -0.2) is 4.39 Å². The average Bonchev–Trinajstić information content (AvgIpc) is 2.64. The van der Waals surface area contributed by atoms with Crippen LogP contribution in [0.1, 0.15) is 17.2 Å². The Morgan fingerprint density at radius 3 is 2.56 bits per heavy atom. The molecule has 5 nitrogen and oxygen atoms in total. The van der Waals surface area contributed by atoms with Crippen molar-refractivity contribution >= 4 is 11.8 Å². The third-order valence-corrected chi connectivity index (χ3v) is 4.26. The lowest BCUT2D eigenvalue weighted by Crippen LogP contribution is -2.52. The van der Waals surface area contributed by atoms with Gasteiger partial charge in [0.25, 0.3) is 5.91 Å². The first-order valence-electron chi connectivity index (χ1n) is 8.00. The lowest BCUT2D eigenvalue weighted by atomic mass is 9.97. The maximum absolute atomic E-state index is 13.0. The minimum Gasteiger partial charge on any atom is -0.356 e. The van der Waals surface area contributed by atoms with Crippen molar-refractivity contribution < 1.29 is 18.7 Å². The molecule has 0 aliphatic carbocycles. The molecule has 0 bridgehead atoms. The number of amides is 2. The Morgan fingerprint density at radius 1 is 1.20 bits per heavy atom. The van der Waals surface area contributed by atoms with Crippen molar-refractivity contribution in [1.29, 1.82) is 0 Å². The van der Waals surface area contributed by atoms with E-state index in [1.807, 2.05) is 30.3 Å². The number of hydrogen-bond donors (Lipinski definition) is 1. The Balaban J connectivity index is 1.74. The van der Waals surface area contributed by atoms with Gasteiger partial charge in [-0.05, 0) is 23.3 Å². The summed E-state index contributed by atoms with van der Waals surface area (Å²) in [5.74, 6) is -0.802. The zero-order chi connectivity index (χ0) is 17.8. The molecule has 0 unspecified atom stereocenters. The average molecular weight is 342 g/mol. The molecule has 2 atom stereocenters. The third kappa shape index (κ3) is 3.85. The van der Waals surface area contributed by atoms with Crippen molar-refractivity contribution in [1.82, 2.24) is 10.2 Å². The summed E-state index contributed by atoms with van der Waals surface area (Å²) in [5.41, 5.74) is 1.62. The van der Waals surface area contributed by atoms with E-state index in [9.17, 15) is 14.0 Å². The van der Waals surface area contributed by atoms with Crippen LogP contribution in [0.25, 0.3) is 0 Å². The van der Waals surface area contributed by atoms with Gasteiger partial charge in [0.05, 0.1) is 6.04 Å². The number of hydrogen-bond acceptors (Lipinski definition) is 3. The van der Waals surface area contributed by atoms with Crippen molar-refractivity contribution in [3.63, 3.8) is 0 Å². The summed E-state index contributed by atoms with van der Waals surface area (Å²) in [6.07, 6.45) is -0.800. The van der Waals surface area contributed by atoms with Gasteiger partial charge < -0.3 is 15.0 Å². The number of morpholine rings is 1. The standard InChI is InChI=1S/C19H19FN2O3/c1-22-16(23)12-25-18(17(22)14-5-3-2-4-6-14)19(24)21-11-13-7-9-15(20)10-8-13/h2-10,17-18H,11-12H2,1H3,(H,21,24)/t17-,18-/m0/s1. The molecular weight excluding hydrogens is 323 g/mol. The number of halogens is 1. The molecule has 25 heavy (non-hydrogen) atoms. The molecule has 0 aromatic heterocycles. The van der Waals surface area contributed by atoms with Crippen LogP contribution in [-0.2, 0) is 20.9 Å². The predicted octanol–water partition coefficient (Wildman–Crippen LogP) is 2.04. The highest BCUT2D eigenvalue weighted by molar-refractivity contribution is 5.86. The highest BCUT2D eigenvalue weighted by Crippen LogP contribution is 2.29. The van der Waals surface area contributed by atoms with E-state index < -0.39 is 12.1 Å². The third-order valence-electron chi connectivity index (χ3n) is 4.26. The molecule has 2 amide bonds. The zero-order valence-corrected chi connectivity index (χ0v) is 13.8. The van der Waals surface area contributed by atoms with E-state index in [0.29, 0.717) is 0 Å². The van der Waals surface area contributed by atoms with E-state index >= 15 is 0 Å². The summed E-state index contributed by atoms with van der Waals surface area (Å²) in [6.45, 7) is 0.132. The summed E-state index contributed by atoms with van der Waals surface area (Å²) < 4.78 is 18.5. The maximum atomic E-state index is 13.0.